The smallest absolute Gasteiger partial charge is 0.124 e. The van der Waals surface area contributed by atoms with Crippen molar-refractivity contribution in [1.82, 2.24) is 0 Å². The maximum absolute atomic E-state index is 9.48. The van der Waals surface area contributed by atoms with E-state index in [-0.39, 0.29) is 12.5 Å². The molecule has 0 bridgehead atoms. The Morgan fingerprint density at radius 3 is 2.17 bits per heavy atom. The van der Waals surface area contributed by atoms with Gasteiger partial charge in [0, 0.05) is 22.6 Å². The summed E-state index contributed by atoms with van der Waals surface area (Å²) in [6.45, 7) is 3.84. The summed E-state index contributed by atoms with van der Waals surface area (Å²) >= 11 is 0. The number of rotatable bonds is 7. The van der Waals surface area contributed by atoms with Crippen LogP contribution in [-0.4, -0.2) is 26.4 Å². The predicted molar refractivity (Wildman–Crippen MR) is 90.5 cm³/mol. The first kappa shape index (κ1) is 16.9. The number of para-hydroxylation sites is 1. The zero-order valence-electron chi connectivity index (χ0n) is 13.7. The molecule has 122 valence electrons. The third kappa shape index (κ3) is 3.32. The lowest BCUT2D eigenvalue weighted by molar-refractivity contribution is 0.272. The van der Waals surface area contributed by atoms with Crippen molar-refractivity contribution in [3.05, 3.63) is 65.7 Å². The first-order valence-corrected chi connectivity index (χ1v) is 7.31. The van der Waals surface area contributed by atoms with Crippen LogP contribution in [0.4, 0.5) is 0 Å². The first-order valence-electron chi connectivity index (χ1n) is 7.31. The van der Waals surface area contributed by atoms with Gasteiger partial charge in [-0.15, -0.1) is 6.58 Å². The van der Waals surface area contributed by atoms with Crippen molar-refractivity contribution in [2.45, 2.75) is 12.5 Å². The Morgan fingerprint density at radius 1 is 0.957 bits per heavy atom. The molecule has 0 amide bonds. The van der Waals surface area contributed by atoms with Gasteiger partial charge in [-0.25, -0.2) is 0 Å². The van der Waals surface area contributed by atoms with Gasteiger partial charge in [0.05, 0.1) is 27.9 Å². The lowest BCUT2D eigenvalue weighted by Crippen LogP contribution is -2.05. The van der Waals surface area contributed by atoms with Gasteiger partial charge in [0.15, 0.2) is 0 Å². The van der Waals surface area contributed by atoms with Crippen LogP contribution < -0.4 is 14.2 Å². The third-order valence-electron chi connectivity index (χ3n) is 3.85. The highest BCUT2D eigenvalue weighted by Gasteiger charge is 2.21. The molecular weight excluding hydrogens is 292 g/mol. The summed E-state index contributed by atoms with van der Waals surface area (Å²) in [5.41, 5.74) is 2.57. The van der Waals surface area contributed by atoms with E-state index in [1.54, 1.807) is 27.4 Å². The summed E-state index contributed by atoms with van der Waals surface area (Å²) in [7, 11) is 4.83. The van der Waals surface area contributed by atoms with Gasteiger partial charge in [-0.3, -0.25) is 0 Å². The maximum atomic E-state index is 9.48. The van der Waals surface area contributed by atoms with Crippen molar-refractivity contribution in [2.75, 3.05) is 21.3 Å². The largest absolute Gasteiger partial charge is 0.496 e. The van der Waals surface area contributed by atoms with Crippen LogP contribution in [0.2, 0.25) is 0 Å². The second-order valence-corrected chi connectivity index (χ2v) is 5.02. The van der Waals surface area contributed by atoms with E-state index in [1.807, 2.05) is 36.4 Å². The van der Waals surface area contributed by atoms with Crippen molar-refractivity contribution in [3.8, 4) is 17.2 Å². The van der Waals surface area contributed by atoms with E-state index in [0.29, 0.717) is 17.1 Å². The monoisotopic (exact) mass is 314 g/mol. The highest BCUT2D eigenvalue weighted by atomic mass is 16.5. The van der Waals surface area contributed by atoms with Crippen LogP contribution in [0.25, 0.3) is 0 Å². The van der Waals surface area contributed by atoms with Crippen molar-refractivity contribution >= 4 is 0 Å². The fourth-order valence-corrected chi connectivity index (χ4v) is 2.70. The van der Waals surface area contributed by atoms with Gasteiger partial charge in [-0.2, -0.15) is 0 Å². The number of methoxy groups -OCH3 is 3. The van der Waals surface area contributed by atoms with Gasteiger partial charge in [0.2, 0.25) is 0 Å². The summed E-state index contributed by atoms with van der Waals surface area (Å²) in [4.78, 5) is 0. The van der Waals surface area contributed by atoms with Crippen LogP contribution in [0.15, 0.2) is 49.1 Å². The molecule has 0 aliphatic heterocycles. The van der Waals surface area contributed by atoms with Gasteiger partial charge >= 0.3 is 0 Å². The number of aliphatic hydroxyl groups is 1. The zero-order valence-corrected chi connectivity index (χ0v) is 13.7. The SMILES string of the molecule is C=C[C@H](c1ccccc1OC)c1cc(OC)c(CO)cc1OC. The average Bonchev–Trinajstić information content (AvgIpc) is 2.62. The molecule has 0 saturated heterocycles. The van der Waals surface area contributed by atoms with Crippen molar-refractivity contribution in [1.29, 1.82) is 0 Å². The Bertz CT molecular complexity index is 679. The Hall–Kier alpha value is -2.46. The number of allylic oxidation sites excluding steroid dienone is 1. The minimum absolute atomic E-state index is 0.118. The lowest BCUT2D eigenvalue weighted by atomic mass is 9.89. The molecule has 0 saturated carbocycles. The molecule has 0 aliphatic rings. The highest BCUT2D eigenvalue weighted by Crippen LogP contribution is 2.40. The van der Waals surface area contributed by atoms with Crippen molar-refractivity contribution in [2.24, 2.45) is 0 Å². The minimum Gasteiger partial charge on any atom is -0.496 e. The molecule has 0 fully saturated rings. The molecule has 1 N–H and O–H groups in total. The molecule has 0 aromatic heterocycles. The normalized spacial score (nSPS) is 11.7. The Balaban J connectivity index is 2.63. The molecule has 0 heterocycles. The maximum Gasteiger partial charge on any atom is 0.124 e. The fraction of sp³-hybridized carbons (Fsp3) is 0.263. The van der Waals surface area contributed by atoms with E-state index in [1.165, 1.54) is 0 Å². The van der Waals surface area contributed by atoms with Crippen LogP contribution in [0.3, 0.4) is 0 Å². The summed E-state index contributed by atoms with van der Waals surface area (Å²) in [5.74, 6) is 1.95. The Kier molecular flexibility index (Phi) is 5.66. The summed E-state index contributed by atoms with van der Waals surface area (Å²) in [5, 5.41) is 9.48. The minimum atomic E-state index is -0.122. The molecule has 2 rings (SSSR count). The highest BCUT2D eigenvalue weighted by molar-refractivity contribution is 5.54. The molecular formula is C19H22O4. The van der Waals surface area contributed by atoms with Crippen molar-refractivity contribution < 1.29 is 19.3 Å². The number of hydrogen-bond donors (Lipinski definition) is 1. The molecule has 2 aromatic carbocycles. The molecule has 2 aromatic rings. The van der Waals surface area contributed by atoms with Gasteiger partial charge in [0.25, 0.3) is 0 Å². The number of hydrogen-bond acceptors (Lipinski definition) is 4. The van der Waals surface area contributed by atoms with E-state index in [0.717, 1.165) is 16.9 Å². The molecule has 4 heteroatoms. The molecule has 0 unspecified atom stereocenters. The van der Waals surface area contributed by atoms with Crippen LogP contribution >= 0.6 is 0 Å². The van der Waals surface area contributed by atoms with E-state index in [9.17, 15) is 5.11 Å². The lowest BCUT2D eigenvalue weighted by Gasteiger charge is -2.21. The van der Waals surface area contributed by atoms with E-state index >= 15 is 0 Å². The molecule has 4 nitrogen and oxygen atoms in total. The topological polar surface area (TPSA) is 47.9 Å². The molecule has 0 spiro atoms. The number of benzene rings is 2. The van der Waals surface area contributed by atoms with Crippen LogP contribution in [0.5, 0.6) is 17.2 Å². The molecule has 23 heavy (non-hydrogen) atoms. The van der Waals surface area contributed by atoms with Gasteiger partial charge in [-0.1, -0.05) is 24.3 Å². The quantitative estimate of drug-likeness (QED) is 0.794. The summed E-state index contributed by atoms with van der Waals surface area (Å²) in [6.07, 6.45) is 1.84. The van der Waals surface area contributed by atoms with Gasteiger partial charge < -0.3 is 19.3 Å². The zero-order chi connectivity index (χ0) is 16.8. The van der Waals surface area contributed by atoms with E-state index < -0.39 is 0 Å². The summed E-state index contributed by atoms with van der Waals surface area (Å²) in [6, 6.07) is 11.5. The first-order chi connectivity index (χ1) is 11.2. The Labute approximate surface area is 136 Å². The standard InChI is InChI=1S/C19H22O4/c1-5-14(15-8-6-7-9-17(15)21-2)16-11-18(22-3)13(12-20)10-19(16)23-4/h5-11,14,20H,1,12H2,2-4H3/t14-/m1/s1. The molecule has 0 radical (unpaired) electrons. The molecule has 1 atom stereocenters. The second kappa shape index (κ2) is 7.70. The van der Waals surface area contributed by atoms with Crippen LogP contribution in [0, 0.1) is 0 Å². The predicted octanol–water partition coefficient (Wildman–Crippen LogP) is 3.52. The number of aliphatic hydroxyl groups excluding tert-OH is 1. The third-order valence-corrected chi connectivity index (χ3v) is 3.85. The van der Waals surface area contributed by atoms with Gasteiger partial charge in [0.1, 0.15) is 17.2 Å². The molecule has 0 aliphatic carbocycles. The van der Waals surface area contributed by atoms with E-state index in [2.05, 4.69) is 6.58 Å². The van der Waals surface area contributed by atoms with Gasteiger partial charge in [-0.05, 0) is 18.2 Å². The Morgan fingerprint density at radius 2 is 1.61 bits per heavy atom. The second-order valence-electron chi connectivity index (χ2n) is 5.02. The fourth-order valence-electron chi connectivity index (χ4n) is 2.70. The van der Waals surface area contributed by atoms with E-state index in [4.69, 9.17) is 14.2 Å². The van der Waals surface area contributed by atoms with Crippen LogP contribution in [0.1, 0.15) is 22.6 Å². The number of ether oxygens (including phenoxy) is 3. The van der Waals surface area contributed by atoms with Crippen molar-refractivity contribution in [3.63, 3.8) is 0 Å². The average molecular weight is 314 g/mol. The van der Waals surface area contributed by atoms with Crippen LogP contribution in [-0.2, 0) is 6.61 Å². The summed E-state index contributed by atoms with van der Waals surface area (Å²) < 4.78 is 16.4.